The smallest absolute Gasteiger partial charge is 0.146 e. The van der Waals surface area contributed by atoms with Crippen molar-refractivity contribution in [3.8, 4) is 0 Å². The molecule has 1 aliphatic heterocycles. The topological polar surface area (TPSA) is 16.1 Å². The van der Waals surface area contributed by atoms with Gasteiger partial charge in [0.05, 0.1) is 5.69 Å². The van der Waals surface area contributed by atoms with Crippen molar-refractivity contribution in [3.63, 3.8) is 0 Å². The van der Waals surface area contributed by atoms with E-state index in [9.17, 15) is 4.39 Å². The molecule has 0 amide bonds. The lowest BCUT2D eigenvalue weighted by molar-refractivity contribution is 0.215. The van der Waals surface area contributed by atoms with Gasteiger partial charge in [-0.1, -0.05) is 6.42 Å². The Labute approximate surface area is 97.6 Å². The summed E-state index contributed by atoms with van der Waals surface area (Å²) < 4.78 is 14.1. The molecule has 1 saturated heterocycles. The predicted molar refractivity (Wildman–Crippen MR) is 61.0 cm³/mol. The maximum absolute atomic E-state index is 13.4. The zero-order valence-corrected chi connectivity index (χ0v) is 10.1. The highest BCUT2D eigenvalue weighted by molar-refractivity contribution is 9.10. The van der Waals surface area contributed by atoms with Crippen molar-refractivity contribution in [3.05, 3.63) is 28.2 Å². The van der Waals surface area contributed by atoms with Crippen LogP contribution in [-0.2, 0) is 6.54 Å². The fourth-order valence-corrected chi connectivity index (χ4v) is 2.24. The second-order valence-electron chi connectivity index (χ2n) is 3.90. The molecule has 0 unspecified atom stereocenters. The van der Waals surface area contributed by atoms with Crippen LogP contribution in [0, 0.1) is 5.82 Å². The number of hydrogen-bond donors (Lipinski definition) is 0. The Bertz CT molecular complexity index is 337. The molecule has 0 bridgehead atoms. The maximum Gasteiger partial charge on any atom is 0.146 e. The molecule has 0 spiro atoms. The van der Waals surface area contributed by atoms with Gasteiger partial charge in [0.15, 0.2) is 0 Å². The van der Waals surface area contributed by atoms with Crippen LogP contribution in [0.3, 0.4) is 0 Å². The first-order valence-corrected chi connectivity index (χ1v) is 6.08. The SMILES string of the molecule is Fc1ccc(Br)nc1CN1CCCCC1. The van der Waals surface area contributed by atoms with Crippen molar-refractivity contribution in [1.82, 2.24) is 9.88 Å². The van der Waals surface area contributed by atoms with E-state index in [1.165, 1.54) is 25.3 Å². The van der Waals surface area contributed by atoms with Crippen molar-refractivity contribution in [1.29, 1.82) is 0 Å². The van der Waals surface area contributed by atoms with Gasteiger partial charge in [-0.2, -0.15) is 0 Å². The van der Waals surface area contributed by atoms with E-state index in [1.807, 2.05) is 0 Å². The van der Waals surface area contributed by atoms with Crippen LogP contribution in [-0.4, -0.2) is 23.0 Å². The number of aromatic nitrogens is 1. The molecular weight excluding hydrogens is 259 g/mol. The van der Waals surface area contributed by atoms with Gasteiger partial charge in [0.25, 0.3) is 0 Å². The molecule has 0 aromatic carbocycles. The average Bonchev–Trinajstić information content (AvgIpc) is 2.25. The minimum Gasteiger partial charge on any atom is -0.297 e. The number of halogens is 2. The fourth-order valence-electron chi connectivity index (χ4n) is 1.90. The Kier molecular flexibility index (Phi) is 3.70. The number of piperidine rings is 1. The second kappa shape index (κ2) is 5.03. The van der Waals surface area contributed by atoms with Crippen molar-refractivity contribution < 1.29 is 4.39 Å². The van der Waals surface area contributed by atoms with E-state index in [4.69, 9.17) is 0 Å². The molecule has 1 fully saturated rings. The Hall–Kier alpha value is -0.480. The Balaban J connectivity index is 2.05. The Morgan fingerprint density at radius 3 is 2.73 bits per heavy atom. The molecule has 4 heteroatoms. The van der Waals surface area contributed by atoms with E-state index in [1.54, 1.807) is 6.07 Å². The molecule has 82 valence electrons. The van der Waals surface area contributed by atoms with E-state index in [2.05, 4.69) is 25.8 Å². The largest absolute Gasteiger partial charge is 0.297 e. The van der Waals surface area contributed by atoms with E-state index in [0.717, 1.165) is 13.1 Å². The third kappa shape index (κ3) is 2.98. The molecule has 1 aromatic heterocycles. The van der Waals surface area contributed by atoms with E-state index in [0.29, 0.717) is 16.8 Å². The molecule has 0 atom stereocenters. The molecule has 0 N–H and O–H groups in total. The van der Waals surface area contributed by atoms with Crippen molar-refractivity contribution in [2.24, 2.45) is 0 Å². The average molecular weight is 273 g/mol. The van der Waals surface area contributed by atoms with Gasteiger partial charge in [-0.3, -0.25) is 4.90 Å². The zero-order chi connectivity index (χ0) is 10.7. The monoisotopic (exact) mass is 272 g/mol. The van der Waals surface area contributed by atoms with E-state index >= 15 is 0 Å². The normalized spacial score (nSPS) is 18.0. The summed E-state index contributed by atoms with van der Waals surface area (Å²) in [5.41, 5.74) is 0.547. The number of nitrogens with zero attached hydrogens (tertiary/aromatic N) is 2. The lowest BCUT2D eigenvalue weighted by Gasteiger charge is -2.26. The van der Waals surface area contributed by atoms with Gasteiger partial charge >= 0.3 is 0 Å². The summed E-state index contributed by atoms with van der Waals surface area (Å²) in [6.45, 7) is 2.76. The van der Waals surface area contributed by atoms with E-state index in [-0.39, 0.29) is 5.82 Å². The highest BCUT2D eigenvalue weighted by Crippen LogP contribution is 2.16. The third-order valence-corrected chi connectivity index (χ3v) is 3.15. The van der Waals surface area contributed by atoms with Crippen LogP contribution in [0.2, 0.25) is 0 Å². The van der Waals surface area contributed by atoms with Gasteiger partial charge < -0.3 is 0 Å². The zero-order valence-electron chi connectivity index (χ0n) is 8.55. The first-order chi connectivity index (χ1) is 7.25. The summed E-state index contributed by atoms with van der Waals surface area (Å²) in [6.07, 6.45) is 3.73. The molecule has 0 saturated carbocycles. The molecule has 2 nitrogen and oxygen atoms in total. The van der Waals surface area contributed by atoms with Gasteiger partial charge in [0, 0.05) is 6.54 Å². The summed E-state index contributed by atoms with van der Waals surface area (Å²) in [7, 11) is 0. The molecule has 1 aliphatic rings. The van der Waals surface area contributed by atoms with Crippen molar-refractivity contribution in [2.45, 2.75) is 25.8 Å². The Morgan fingerprint density at radius 1 is 1.27 bits per heavy atom. The molecule has 1 aromatic rings. The van der Waals surface area contributed by atoms with Crippen LogP contribution >= 0.6 is 15.9 Å². The first-order valence-electron chi connectivity index (χ1n) is 5.29. The fraction of sp³-hybridized carbons (Fsp3) is 0.545. The van der Waals surface area contributed by atoms with Crippen LogP contribution in [0.25, 0.3) is 0 Å². The summed E-state index contributed by atoms with van der Waals surface area (Å²) in [6, 6.07) is 3.10. The lowest BCUT2D eigenvalue weighted by Crippen LogP contribution is -2.29. The Morgan fingerprint density at radius 2 is 2.00 bits per heavy atom. The number of hydrogen-bond acceptors (Lipinski definition) is 2. The highest BCUT2D eigenvalue weighted by atomic mass is 79.9. The second-order valence-corrected chi connectivity index (χ2v) is 4.71. The molecule has 15 heavy (non-hydrogen) atoms. The van der Waals surface area contributed by atoms with Gasteiger partial charge in [0.2, 0.25) is 0 Å². The molecule has 0 aliphatic carbocycles. The van der Waals surface area contributed by atoms with Crippen LogP contribution in [0.5, 0.6) is 0 Å². The van der Waals surface area contributed by atoms with Crippen LogP contribution in [0.15, 0.2) is 16.7 Å². The molecule has 2 rings (SSSR count). The first kappa shape index (κ1) is 11.0. The number of pyridine rings is 1. The number of rotatable bonds is 2. The minimum absolute atomic E-state index is 0.205. The van der Waals surface area contributed by atoms with Gasteiger partial charge in [-0.05, 0) is 54.0 Å². The minimum atomic E-state index is -0.205. The van der Waals surface area contributed by atoms with Crippen LogP contribution < -0.4 is 0 Å². The molecular formula is C11H14BrFN2. The summed E-state index contributed by atoms with van der Waals surface area (Å²) in [5, 5.41) is 0. The maximum atomic E-state index is 13.4. The highest BCUT2D eigenvalue weighted by Gasteiger charge is 2.13. The molecule has 0 radical (unpaired) electrons. The van der Waals surface area contributed by atoms with Crippen LogP contribution in [0.1, 0.15) is 25.0 Å². The number of likely N-dealkylation sites (tertiary alicyclic amines) is 1. The van der Waals surface area contributed by atoms with Crippen molar-refractivity contribution in [2.75, 3.05) is 13.1 Å². The van der Waals surface area contributed by atoms with Gasteiger partial charge in [0.1, 0.15) is 10.4 Å². The molecule has 2 heterocycles. The summed E-state index contributed by atoms with van der Waals surface area (Å²) in [4.78, 5) is 6.43. The third-order valence-electron chi connectivity index (χ3n) is 2.71. The van der Waals surface area contributed by atoms with Crippen molar-refractivity contribution >= 4 is 15.9 Å². The summed E-state index contributed by atoms with van der Waals surface area (Å²) in [5.74, 6) is -0.205. The standard InChI is InChI=1S/C11H14BrFN2/c12-11-5-4-9(13)10(14-11)8-15-6-2-1-3-7-15/h4-5H,1-3,6-8H2. The van der Waals surface area contributed by atoms with Gasteiger partial charge in [-0.25, -0.2) is 9.37 Å². The van der Waals surface area contributed by atoms with Crippen LogP contribution in [0.4, 0.5) is 4.39 Å². The van der Waals surface area contributed by atoms with Gasteiger partial charge in [-0.15, -0.1) is 0 Å². The van der Waals surface area contributed by atoms with E-state index < -0.39 is 0 Å². The predicted octanol–water partition coefficient (Wildman–Crippen LogP) is 2.97. The quantitative estimate of drug-likeness (QED) is 0.770. The lowest BCUT2D eigenvalue weighted by atomic mass is 10.1. The summed E-state index contributed by atoms with van der Waals surface area (Å²) >= 11 is 3.26.